The molecule has 3 heteroatoms. The minimum absolute atomic E-state index is 0.265. The van der Waals surface area contributed by atoms with Crippen LogP contribution in [0.5, 0.6) is 0 Å². The molecule has 0 aliphatic carbocycles. The van der Waals surface area contributed by atoms with Crippen LogP contribution in [0.2, 0.25) is 0 Å². The maximum atomic E-state index is 14.0. The summed E-state index contributed by atoms with van der Waals surface area (Å²) in [6, 6.07) is 8.04. The lowest BCUT2D eigenvalue weighted by Crippen LogP contribution is -1.95. The second kappa shape index (κ2) is 7.51. The third kappa shape index (κ3) is 4.26. The second-order valence-electron chi connectivity index (χ2n) is 4.80. The number of hydrogen-bond donors (Lipinski definition) is 0. The van der Waals surface area contributed by atoms with Gasteiger partial charge in [-0.3, -0.25) is 0 Å². The summed E-state index contributed by atoms with van der Waals surface area (Å²) in [5, 5.41) is 0. The molecule has 0 atom stereocenters. The van der Waals surface area contributed by atoms with Gasteiger partial charge in [-0.1, -0.05) is 24.0 Å². The summed E-state index contributed by atoms with van der Waals surface area (Å²) in [5.74, 6) is 3.38. The van der Waals surface area contributed by atoms with E-state index in [0.29, 0.717) is 17.5 Å². The SMILES string of the molecule is CC=CCCc1cc(F)c(C#Cc2ccc(F)cc2)c(F)c1. The first-order valence-electron chi connectivity index (χ1n) is 6.97. The molecule has 0 aromatic heterocycles. The number of rotatable bonds is 3. The van der Waals surface area contributed by atoms with Crippen molar-refractivity contribution in [2.75, 3.05) is 0 Å². The lowest BCUT2D eigenvalue weighted by Gasteiger charge is -2.03. The fourth-order valence-electron chi connectivity index (χ4n) is 1.97. The number of aryl methyl sites for hydroxylation is 1. The number of allylic oxidation sites excluding steroid dienone is 2. The highest BCUT2D eigenvalue weighted by atomic mass is 19.1. The summed E-state index contributed by atoms with van der Waals surface area (Å²) >= 11 is 0. The maximum Gasteiger partial charge on any atom is 0.142 e. The van der Waals surface area contributed by atoms with Crippen molar-refractivity contribution in [3.63, 3.8) is 0 Å². The van der Waals surface area contributed by atoms with Crippen LogP contribution in [0.1, 0.15) is 30.0 Å². The molecule has 0 amide bonds. The molecular weight excluding hydrogens is 285 g/mol. The van der Waals surface area contributed by atoms with Crippen LogP contribution in [-0.2, 0) is 6.42 Å². The molecule has 0 unspecified atom stereocenters. The molecule has 0 saturated carbocycles. The summed E-state index contributed by atoms with van der Waals surface area (Å²) < 4.78 is 40.7. The first-order chi connectivity index (χ1) is 10.6. The van der Waals surface area contributed by atoms with Crippen molar-refractivity contribution in [2.45, 2.75) is 19.8 Å². The Morgan fingerprint density at radius 2 is 1.59 bits per heavy atom. The molecule has 0 spiro atoms. The molecule has 0 bridgehead atoms. The van der Waals surface area contributed by atoms with Gasteiger partial charge >= 0.3 is 0 Å². The Morgan fingerprint density at radius 1 is 0.955 bits per heavy atom. The quantitative estimate of drug-likeness (QED) is 0.552. The van der Waals surface area contributed by atoms with E-state index in [4.69, 9.17) is 0 Å². The van der Waals surface area contributed by atoms with E-state index >= 15 is 0 Å². The van der Waals surface area contributed by atoms with Crippen molar-refractivity contribution in [3.8, 4) is 11.8 Å². The molecule has 2 aromatic carbocycles. The third-order valence-electron chi connectivity index (χ3n) is 3.11. The van der Waals surface area contributed by atoms with Crippen LogP contribution in [0.3, 0.4) is 0 Å². The molecule has 0 radical (unpaired) electrons. The first kappa shape index (κ1) is 15.9. The molecule has 112 valence electrons. The Morgan fingerprint density at radius 3 is 2.18 bits per heavy atom. The largest absolute Gasteiger partial charge is 0.207 e. The molecule has 0 saturated heterocycles. The topological polar surface area (TPSA) is 0 Å². The molecule has 0 aliphatic rings. The number of benzene rings is 2. The zero-order chi connectivity index (χ0) is 15.9. The fourth-order valence-corrected chi connectivity index (χ4v) is 1.97. The average molecular weight is 300 g/mol. The van der Waals surface area contributed by atoms with Crippen molar-refractivity contribution in [3.05, 3.63) is 82.7 Å². The van der Waals surface area contributed by atoms with Crippen LogP contribution in [0, 0.1) is 29.3 Å². The molecule has 0 fully saturated rings. The molecule has 22 heavy (non-hydrogen) atoms. The van der Waals surface area contributed by atoms with E-state index in [-0.39, 0.29) is 11.4 Å². The summed E-state index contributed by atoms with van der Waals surface area (Å²) in [6.45, 7) is 1.90. The van der Waals surface area contributed by atoms with Crippen molar-refractivity contribution >= 4 is 0 Å². The Labute approximate surface area is 128 Å². The van der Waals surface area contributed by atoms with Gasteiger partial charge in [-0.05, 0) is 61.7 Å². The van der Waals surface area contributed by atoms with E-state index in [1.54, 1.807) is 0 Å². The Kier molecular flexibility index (Phi) is 5.43. The van der Waals surface area contributed by atoms with Gasteiger partial charge in [0, 0.05) is 5.56 Å². The Balaban J connectivity index is 2.23. The van der Waals surface area contributed by atoms with Gasteiger partial charge in [-0.15, -0.1) is 0 Å². The normalized spacial score (nSPS) is 10.5. The summed E-state index contributed by atoms with van der Waals surface area (Å²) in [4.78, 5) is 0. The Bertz CT molecular complexity index is 709. The maximum absolute atomic E-state index is 14.0. The minimum Gasteiger partial charge on any atom is -0.207 e. The van der Waals surface area contributed by atoms with Crippen LogP contribution in [0.25, 0.3) is 0 Å². The molecule has 0 nitrogen and oxygen atoms in total. The van der Waals surface area contributed by atoms with Crippen molar-refractivity contribution < 1.29 is 13.2 Å². The molecule has 0 N–H and O–H groups in total. The number of hydrogen-bond acceptors (Lipinski definition) is 0. The van der Waals surface area contributed by atoms with E-state index < -0.39 is 11.6 Å². The van der Waals surface area contributed by atoms with E-state index in [1.165, 1.54) is 36.4 Å². The van der Waals surface area contributed by atoms with Crippen LogP contribution in [-0.4, -0.2) is 0 Å². The molecule has 2 aromatic rings. The second-order valence-corrected chi connectivity index (χ2v) is 4.80. The number of halogens is 3. The molecule has 0 aliphatic heterocycles. The highest BCUT2D eigenvalue weighted by Crippen LogP contribution is 2.16. The standard InChI is InChI=1S/C19H15F3/c1-2-3-4-5-15-12-18(21)17(19(22)13-15)11-8-14-6-9-16(20)10-7-14/h2-3,6-7,9-10,12-13H,4-5H2,1H3. The van der Waals surface area contributed by atoms with Gasteiger partial charge in [0.05, 0.1) is 5.56 Å². The smallest absolute Gasteiger partial charge is 0.142 e. The van der Waals surface area contributed by atoms with Crippen molar-refractivity contribution in [1.29, 1.82) is 0 Å². The molecule has 0 heterocycles. The van der Waals surface area contributed by atoms with E-state index in [9.17, 15) is 13.2 Å². The first-order valence-corrected chi connectivity index (χ1v) is 6.97. The van der Waals surface area contributed by atoms with Crippen molar-refractivity contribution in [1.82, 2.24) is 0 Å². The zero-order valence-corrected chi connectivity index (χ0v) is 12.2. The highest BCUT2D eigenvalue weighted by molar-refractivity contribution is 5.45. The van der Waals surface area contributed by atoms with Gasteiger partial charge in [0.1, 0.15) is 17.5 Å². The van der Waals surface area contributed by atoms with Gasteiger partial charge < -0.3 is 0 Å². The highest BCUT2D eigenvalue weighted by Gasteiger charge is 2.08. The van der Waals surface area contributed by atoms with Crippen LogP contribution >= 0.6 is 0 Å². The van der Waals surface area contributed by atoms with Crippen LogP contribution in [0.4, 0.5) is 13.2 Å². The third-order valence-corrected chi connectivity index (χ3v) is 3.11. The van der Waals surface area contributed by atoms with Crippen LogP contribution in [0.15, 0.2) is 48.6 Å². The monoisotopic (exact) mass is 300 g/mol. The van der Waals surface area contributed by atoms with E-state index in [2.05, 4.69) is 11.8 Å². The fraction of sp³-hybridized carbons (Fsp3) is 0.158. The summed E-state index contributed by atoms with van der Waals surface area (Å²) in [7, 11) is 0. The predicted octanol–water partition coefficient (Wildman–Crippen LogP) is 5.01. The van der Waals surface area contributed by atoms with Gasteiger partial charge in [0.2, 0.25) is 0 Å². The van der Waals surface area contributed by atoms with Gasteiger partial charge in [-0.25, -0.2) is 13.2 Å². The molecule has 2 rings (SSSR count). The average Bonchev–Trinajstić information content (AvgIpc) is 2.48. The Hall–Kier alpha value is -2.47. The summed E-state index contributed by atoms with van der Waals surface area (Å²) in [6.07, 6.45) is 5.15. The molecular formula is C19H15F3. The lowest BCUT2D eigenvalue weighted by atomic mass is 10.1. The van der Waals surface area contributed by atoms with Gasteiger partial charge in [0.25, 0.3) is 0 Å². The van der Waals surface area contributed by atoms with E-state index in [0.717, 1.165) is 6.42 Å². The van der Waals surface area contributed by atoms with Gasteiger partial charge in [0.15, 0.2) is 0 Å². The summed E-state index contributed by atoms with van der Waals surface area (Å²) in [5.41, 5.74) is 0.830. The lowest BCUT2D eigenvalue weighted by molar-refractivity contribution is 0.574. The van der Waals surface area contributed by atoms with Crippen molar-refractivity contribution in [2.24, 2.45) is 0 Å². The predicted molar refractivity (Wildman–Crippen MR) is 81.9 cm³/mol. The minimum atomic E-state index is -0.676. The van der Waals surface area contributed by atoms with Crippen LogP contribution < -0.4 is 0 Å². The van der Waals surface area contributed by atoms with Gasteiger partial charge in [-0.2, -0.15) is 0 Å². The van der Waals surface area contributed by atoms with E-state index in [1.807, 2.05) is 19.1 Å². The zero-order valence-electron chi connectivity index (χ0n) is 12.2.